The molecule has 1 atom stereocenters. The minimum Gasteiger partial charge on any atom is -0.490 e. The molecule has 0 spiro atoms. The number of fused-ring (bicyclic) bond motifs is 2. The Hall–Kier alpha value is -2.54. The second-order valence-electron chi connectivity index (χ2n) is 5.98. The third-order valence-electron chi connectivity index (χ3n) is 4.04. The van der Waals surface area contributed by atoms with Gasteiger partial charge in [0, 0.05) is 23.1 Å². The van der Waals surface area contributed by atoms with Gasteiger partial charge in [0.25, 0.3) is 0 Å². The second-order valence-corrected chi connectivity index (χ2v) is 7.39. The molecule has 7 heteroatoms. The van der Waals surface area contributed by atoms with Crippen LogP contribution in [0.2, 0.25) is 0 Å². The van der Waals surface area contributed by atoms with Crippen LogP contribution < -0.4 is 24.3 Å². The van der Waals surface area contributed by atoms with Crippen molar-refractivity contribution in [3.8, 4) is 23.0 Å². The van der Waals surface area contributed by atoms with Gasteiger partial charge >= 0.3 is 0 Å². The molecule has 0 saturated carbocycles. The maximum Gasteiger partial charge on any atom is 0.237 e. The van der Waals surface area contributed by atoms with Gasteiger partial charge in [0.05, 0.1) is 18.5 Å². The van der Waals surface area contributed by atoms with E-state index in [1.54, 1.807) is 18.2 Å². The first-order valence-electron chi connectivity index (χ1n) is 8.46. The summed E-state index contributed by atoms with van der Waals surface area (Å²) >= 11 is 1.47. The van der Waals surface area contributed by atoms with Gasteiger partial charge in [-0.15, -0.1) is 11.8 Å². The van der Waals surface area contributed by atoms with Crippen LogP contribution in [0.3, 0.4) is 0 Å². The van der Waals surface area contributed by atoms with E-state index in [0.29, 0.717) is 30.4 Å². The molecule has 0 aromatic heterocycles. The molecule has 1 amide bonds. The average molecular weight is 373 g/mol. The molecule has 2 heterocycles. The lowest BCUT2D eigenvalue weighted by Gasteiger charge is -2.14. The fraction of sp³-hybridized carbons (Fsp3) is 0.316. The smallest absolute Gasteiger partial charge is 0.237 e. The number of anilines is 1. The molecule has 2 aromatic carbocycles. The number of hydrogen-bond donors (Lipinski definition) is 1. The van der Waals surface area contributed by atoms with Gasteiger partial charge in [-0.25, -0.2) is 0 Å². The fourth-order valence-electron chi connectivity index (χ4n) is 2.69. The monoisotopic (exact) mass is 373 g/mol. The van der Waals surface area contributed by atoms with Crippen LogP contribution in [0.15, 0.2) is 41.3 Å². The van der Waals surface area contributed by atoms with Crippen molar-refractivity contribution in [2.24, 2.45) is 0 Å². The van der Waals surface area contributed by atoms with Gasteiger partial charge < -0.3 is 24.3 Å². The summed E-state index contributed by atoms with van der Waals surface area (Å²) in [5, 5.41) is 2.64. The fourth-order valence-corrected chi connectivity index (χ4v) is 3.59. The van der Waals surface area contributed by atoms with E-state index in [1.165, 1.54) is 11.8 Å². The van der Waals surface area contributed by atoms with Crippen LogP contribution in [0, 0.1) is 0 Å². The molecule has 0 radical (unpaired) electrons. The lowest BCUT2D eigenvalue weighted by molar-refractivity contribution is -0.115. The molecule has 1 N–H and O–H groups in total. The quantitative estimate of drug-likeness (QED) is 0.825. The van der Waals surface area contributed by atoms with Gasteiger partial charge in [-0.3, -0.25) is 4.79 Å². The van der Waals surface area contributed by atoms with Crippen LogP contribution in [0.4, 0.5) is 5.69 Å². The van der Waals surface area contributed by atoms with Crippen LogP contribution >= 0.6 is 11.8 Å². The summed E-state index contributed by atoms with van der Waals surface area (Å²) in [7, 11) is 0. The van der Waals surface area contributed by atoms with E-state index in [0.717, 1.165) is 22.8 Å². The molecular formula is C19H19NO5S. The average Bonchev–Trinajstić information content (AvgIpc) is 2.98. The minimum absolute atomic E-state index is 0.0824. The first-order valence-corrected chi connectivity index (χ1v) is 9.34. The number of nitrogens with one attached hydrogen (secondary N) is 1. The Morgan fingerprint density at radius 3 is 2.54 bits per heavy atom. The molecule has 0 bridgehead atoms. The highest BCUT2D eigenvalue weighted by Crippen LogP contribution is 2.36. The zero-order valence-corrected chi connectivity index (χ0v) is 15.1. The highest BCUT2D eigenvalue weighted by atomic mass is 32.2. The van der Waals surface area contributed by atoms with Gasteiger partial charge in [0.1, 0.15) is 0 Å². The van der Waals surface area contributed by atoms with Crippen molar-refractivity contribution < 1.29 is 23.7 Å². The first-order chi connectivity index (χ1) is 12.7. The molecule has 2 aliphatic rings. The molecule has 0 fully saturated rings. The van der Waals surface area contributed by atoms with Crippen LogP contribution in [0.5, 0.6) is 23.0 Å². The summed E-state index contributed by atoms with van der Waals surface area (Å²) in [5.74, 6) is 2.74. The van der Waals surface area contributed by atoms with E-state index >= 15 is 0 Å². The number of amides is 1. The Labute approximate surface area is 155 Å². The van der Waals surface area contributed by atoms with E-state index in [1.807, 2.05) is 25.1 Å². The number of thioether (sulfide) groups is 1. The predicted octanol–water partition coefficient (Wildman–Crippen LogP) is 3.70. The van der Waals surface area contributed by atoms with E-state index in [9.17, 15) is 4.79 Å². The molecule has 2 aliphatic heterocycles. The number of rotatable bonds is 4. The van der Waals surface area contributed by atoms with Crippen molar-refractivity contribution in [1.82, 2.24) is 0 Å². The van der Waals surface area contributed by atoms with Crippen LogP contribution in [-0.4, -0.2) is 31.2 Å². The Morgan fingerprint density at radius 1 is 0.962 bits per heavy atom. The van der Waals surface area contributed by atoms with Crippen LogP contribution in [0.1, 0.15) is 13.3 Å². The minimum atomic E-state index is -0.273. The summed E-state index contributed by atoms with van der Waals surface area (Å²) in [6.07, 6.45) is 0.867. The first kappa shape index (κ1) is 16.9. The SMILES string of the molecule is C[C@H](Sc1ccc2c(c1)OCCCO2)C(=O)Nc1ccc2c(c1)OCO2. The molecule has 4 rings (SSSR count). The number of hydrogen-bond acceptors (Lipinski definition) is 6. The molecule has 0 aliphatic carbocycles. The lowest BCUT2D eigenvalue weighted by atomic mass is 10.2. The Bertz CT molecular complexity index is 826. The number of benzene rings is 2. The maximum atomic E-state index is 12.5. The number of carbonyl (C=O) groups excluding carboxylic acids is 1. The van der Waals surface area contributed by atoms with Gasteiger partial charge in [-0.2, -0.15) is 0 Å². The predicted molar refractivity (Wildman–Crippen MR) is 98.6 cm³/mol. The van der Waals surface area contributed by atoms with Gasteiger partial charge in [0.15, 0.2) is 23.0 Å². The molecule has 26 heavy (non-hydrogen) atoms. The van der Waals surface area contributed by atoms with Crippen molar-refractivity contribution in [3.63, 3.8) is 0 Å². The van der Waals surface area contributed by atoms with Crippen LogP contribution in [-0.2, 0) is 4.79 Å². The van der Waals surface area contributed by atoms with Crippen molar-refractivity contribution >= 4 is 23.4 Å². The number of ether oxygens (including phenoxy) is 4. The molecule has 136 valence electrons. The van der Waals surface area contributed by atoms with Gasteiger partial charge in [-0.05, 0) is 37.3 Å². The molecular weight excluding hydrogens is 354 g/mol. The summed E-state index contributed by atoms with van der Waals surface area (Å²) < 4.78 is 22.0. The normalized spacial score (nSPS) is 15.9. The van der Waals surface area contributed by atoms with E-state index < -0.39 is 0 Å². The Kier molecular flexibility index (Phi) is 4.79. The van der Waals surface area contributed by atoms with E-state index in [2.05, 4.69) is 5.32 Å². The van der Waals surface area contributed by atoms with Crippen molar-refractivity contribution in [2.45, 2.75) is 23.5 Å². The zero-order chi connectivity index (χ0) is 17.9. The lowest BCUT2D eigenvalue weighted by Crippen LogP contribution is -2.22. The van der Waals surface area contributed by atoms with Crippen molar-refractivity contribution in [1.29, 1.82) is 0 Å². The second kappa shape index (κ2) is 7.37. The molecule has 2 aromatic rings. The highest BCUT2D eigenvalue weighted by Gasteiger charge is 2.19. The molecule has 0 saturated heterocycles. The van der Waals surface area contributed by atoms with Crippen LogP contribution in [0.25, 0.3) is 0 Å². The summed E-state index contributed by atoms with van der Waals surface area (Å²) in [4.78, 5) is 13.5. The standard InChI is InChI=1S/C19H19NO5S/c1-12(19(21)20-13-3-5-16-17(9-13)25-11-24-16)26-14-4-6-15-18(10-14)23-8-2-7-22-15/h3-6,9-10,12H,2,7-8,11H2,1H3,(H,20,21)/t12-/m0/s1. The topological polar surface area (TPSA) is 66.0 Å². The molecule has 0 unspecified atom stereocenters. The Morgan fingerprint density at radius 2 is 1.65 bits per heavy atom. The van der Waals surface area contributed by atoms with Crippen molar-refractivity contribution in [3.05, 3.63) is 36.4 Å². The van der Waals surface area contributed by atoms with Crippen molar-refractivity contribution in [2.75, 3.05) is 25.3 Å². The summed E-state index contributed by atoms with van der Waals surface area (Å²) in [5.41, 5.74) is 0.686. The third-order valence-corrected chi connectivity index (χ3v) is 5.13. The third kappa shape index (κ3) is 3.67. The zero-order valence-electron chi connectivity index (χ0n) is 14.3. The van der Waals surface area contributed by atoms with Gasteiger partial charge in [-0.1, -0.05) is 0 Å². The largest absolute Gasteiger partial charge is 0.490 e. The van der Waals surface area contributed by atoms with E-state index in [4.69, 9.17) is 18.9 Å². The van der Waals surface area contributed by atoms with E-state index in [-0.39, 0.29) is 18.0 Å². The summed E-state index contributed by atoms with van der Waals surface area (Å²) in [6, 6.07) is 11.1. The van der Waals surface area contributed by atoms with Gasteiger partial charge in [0.2, 0.25) is 12.7 Å². The maximum absolute atomic E-state index is 12.5. The molecule has 6 nitrogen and oxygen atoms in total. The summed E-state index contributed by atoms with van der Waals surface area (Å²) in [6.45, 7) is 3.38. The Balaban J connectivity index is 1.40. The number of carbonyl (C=O) groups is 1. The highest BCUT2D eigenvalue weighted by molar-refractivity contribution is 8.00.